The Kier molecular flexibility index (Phi) is 4.08. The van der Waals surface area contributed by atoms with Crippen LogP contribution >= 0.6 is 0 Å². The van der Waals surface area contributed by atoms with E-state index in [1.54, 1.807) is 0 Å². The molecule has 3 nitrogen and oxygen atoms in total. The van der Waals surface area contributed by atoms with E-state index in [1.165, 1.54) is 25.7 Å². The minimum absolute atomic E-state index is 0.0765. The normalized spacial score (nSPS) is 31.6. The second kappa shape index (κ2) is 5.38. The molecule has 2 saturated carbocycles. The zero-order valence-corrected chi connectivity index (χ0v) is 11.0. The van der Waals surface area contributed by atoms with Crippen molar-refractivity contribution in [2.24, 2.45) is 17.6 Å². The SMILES string of the molecule is CC1CCCC(CCNC(=O)C2(N)CCC2)C1. The molecule has 98 valence electrons. The molecule has 0 aliphatic heterocycles. The maximum Gasteiger partial charge on any atom is 0.240 e. The molecule has 17 heavy (non-hydrogen) atoms. The van der Waals surface area contributed by atoms with Crippen LogP contribution in [0.4, 0.5) is 0 Å². The molecule has 2 aliphatic carbocycles. The topological polar surface area (TPSA) is 55.1 Å². The molecule has 2 aliphatic rings. The number of carbonyl (C=O) groups is 1. The van der Waals surface area contributed by atoms with Gasteiger partial charge in [-0.2, -0.15) is 0 Å². The number of hydrogen-bond donors (Lipinski definition) is 2. The van der Waals surface area contributed by atoms with Crippen LogP contribution in [-0.4, -0.2) is 18.0 Å². The fourth-order valence-corrected chi connectivity index (χ4v) is 3.17. The Morgan fingerprint density at radius 3 is 2.71 bits per heavy atom. The van der Waals surface area contributed by atoms with Gasteiger partial charge in [0, 0.05) is 6.54 Å². The van der Waals surface area contributed by atoms with E-state index in [4.69, 9.17) is 5.73 Å². The first-order chi connectivity index (χ1) is 8.10. The molecule has 3 heteroatoms. The quantitative estimate of drug-likeness (QED) is 0.789. The van der Waals surface area contributed by atoms with E-state index in [1.807, 2.05) is 0 Å². The van der Waals surface area contributed by atoms with E-state index in [9.17, 15) is 4.79 Å². The molecular weight excluding hydrogens is 212 g/mol. The monoisotopic (exact) mass is 238 g/mol. The molecule has 0 bridgehead atoms. The molecule has 0 spiro atoms. The van der Waals surface area contributed by atoms with Crippen LogP contribution in [0.2, 0.25) is 0 Å². The van der Waals surface area contributed by atoms with Crippen molar-refractivity contribution in [3.63, 3.8) is 0 Å². The highest BCUT2D eigenvalue weighted by Crippen LogP contribution is 2.31. The van der Waals surface area contributed by atoms with Gasteiger partial charge in [-0.15, -0.1) is 0 Å². The molecule has 2 rings (SSSR count). The molecule has 3 N–H and O–H groups in total. The van der Waals surface area contributed by atoms with Crippen LogP contribution < -0.4 is 11.1 Å². The highest BCUT2D eigenvalue weighted by Gasteiger charge is 2.39. The zero-order valence-electron chi connectivity index (χ0n) is 11.0. The third-order valence-corrected chi connectivity index (χ3v) is 4.58. The first-order valence-electron chi connectivity index (χ1n) is 7.17. The molecule has 0 heterocycles. The van der Waals surface area contributed by atoms with E-state index >= 15 is 0 Å². The predicted molar refractivity (Wildman–Crippen MR) is 69.5 cm³/mol. The van der Waals surface area contributed by atoms with E-state index in [2.05, 4.69) is 12.2 Å². The van der Waals surface area contributed by atoms with E-state index in [-0.39, 0.29) is 5.91 Å². The summed E-state index contributed by atoms with van der Waals surface area (Å²) in [5, 5.41) is 3.02. The number of nitrogens with two attached hydrogens (primary N) is 1. The van der Waals surface area contributed by atoms with Crippen molar-refractivity contribution < 1.29 is 4.79 Å². The minimum atomic E-state index is -0.528. The second-order valence-electron chi connectivity index (χ2n) is 6.19. The van der Waals surface area contributed by atoms with Crippen molar-refractivity contribution in [3.8, 4) is 0 Å². The lowest BCUT2D eigenvalue weighted by Crippen LogP contribution is -2.58. The summed E-state index contributed by atoms with van der Waals surface area (Å²) in [5.41, 5.74) is 5.45. The van der Waals surface area contributed by atoms with Gasteiger partial charge in [0.1, 0.15) is 0 Å². The van der Waals surface area contributed by atoms with Crippen LogP contribution in [0.1, 0.15) is 58.3 Å². The fourth-order valence-electron chi connectivity index (χ4n) is 3.17. The standard InChI is InChI=1S/C14H26N2O/c1-11-4-2-5-12(10-11)6-9-16-13(17)14(15)7-3-8-14/h11-12H,2-10,15H2,1H3,(H,16,17). The number of hydrogen-bond acceptors (Lipinski definition) is 2. The minimum Gasteiger partial charge on any atom is -0.354 e. The number of nitrogens with one attached hydrogen (secondary N) is 1. The summed E-state index contributed by atoms with van der Waals surface area (Å²) in [6, 6.07) is 0. The second-order valence-corrected chi connectivity index (χ2v) is 6.19. The van der Waals surface area contributed by atoms with Crippen molar-refractivity contribution in [1.82, 2.24) is 5.32 Å². The predicted octanol–water partition coefficient (Wildman–Crippen LogP) is 2.20. The molecule has 2 atom stereocenters. The maximum atomic E-state index is 11.8. The smallest absolute Gasteiger partial charge is 0.240 e. The average Bonchev–Trinajstić information content (AvgIpc) is 2.26. The molecule has 0 saturated heterocycles. The lowest BCUT2D eigenvalue weighted by atomic mass is 9.77. The molecule has 0 aromatic heterocycles. The highest BCUT2D eigenvalue weighted by atomic mass is 16.2. The van der Waals surface area contributed by atoms with Gasteiger partial charge in [0.25, 0.3) is 0 Å². The van der Waals surface area contributed by atoms with Gasteiger partial charge in [-0.1, -0.05) is 26.2 Å². The van der Waals surface area contributed by atoms with Crippen LogP contribution in [0.5, 0.6) is 0 Å². The van der Waals surface area contributed by atoms with Gasteiger partial charge < -0.3 is 11.1 Å². The van der Waals surface area contributed by atoms with Crippen molar-refractivity contribution >= 4 is 5.91 Å². The molecule has 2 unspecified atom stereocenters. The molecule has 0 aromatic carbocycles. The molecule has 1 amide bonds. The molecule has 0 radical (unpaired) electrons. The Labute approximate surface area is 105 Å². The van der Waals surface area contributed by atoms with Crippen LogP contribution in [-0.2, 0) is 4.79 Å². The lowest BCUT2D eigenvalue weighted by Gasteiger charge is -2.36. The first-order valence-corrected chi connectivity index (χ1v) is 7.17. The first kappa shape index (κ1) is 12.9. The van der Waals surface area contributed by atoms with Crippen molar-refractivity contribution in [2.75, 3.05) is 6.54 Å². The van der Waals surface area contributed by atoms with E-state index < -0.39 is 5.54 Å². The van der Waals surface area contributed by atoms with Gasteiger partial charge in [0.2, 0.25) is 5.91 Å². The Morgan fingerprint density at radius 1 is 1.35 bits per heavy atom. The van der Waals surface area contributed by atoms with Crippen LogP contribution in [0.25, 0.3) is 0 Å². The number of carbonyl (C=O) groups excluding carboxylic acids is 1. The van der Waals surface area contributed by atoms with Crippen molar-refractivity contribution in [2.45, 2.75) is 63.8 Å². The van der Waals surface area contributed by atoms with Gasteiger partial charge in [0.05, 0.1) is 5.54 Å². The summed E-state index contributed by atoms with van der Waals surface area (Å²) in [7, 11) is 0. The molecular formula is C14H26N2O. The Morgan fingerprint density at radius 2 is 2.12 bits per heavy atom. The summed E-state index contributed by atoms with van der Waals surface area (Å²) < 4.78 is 0. The molecule has 2 fully saturated rings. The summed E-state index contributed by atoms with van der Waals surface area (Å²) in [5.74, 6) is 1.76. The Bertz CT molecular complexity index is 273. The number of amides is 1. The highest BCUT2D eigenvalue weighted by molar-refractivity contribution is 5.86. The summed E-state index contributed by atoms with van der Waals surface area (Å²) in [6.45, 7) is 3.16. The average molecular weight is 238 g/mol. The Balaban J connectivity index is 1.63. The van der Waals surface area contributed by atoms with Crippen LogP contribution in [0, 0.1) is 11.8 Å². The van der Waals surface area contributed by atoms with Gasteiger partial charge in [-0.3, -0.25) is 4.79 Å². The van der Waals surface area contributed by atoms with E-state index in [0.717, 1.165) is 44.1 Å². The largest absolute Gasteiger partial charge is 0.354 e. The van der Waals surface area contributed by atoms with Gasteiger partial charge in [-0.05, 0) is 43.9 Å². The third-order valence-electron chi connectivity index (χ3n) is 4.58. The maximum absolute atomic E-state index is 11.8. The van der Waals surface area contributed by atoms with E-state index in [0.29, 0.717) is 0 Å². The van der Waals surface area contributed by atoms with Crippen molar-refractivity contribution in [3.05, 3.63) is 0 Å². The Hall–Kier alpha value is -0.570. The van der Waals surface area contributed by atoms with Gasteiger partial charge in [0.15, 0.2) is 0 Å². The number of rotatable bonds is 4. The summed E-state index contributed by atoms with van der Waals surface area (Å²) >= 11 is 0. The van der Waals surface area contributed by atoms with Gasteiger partial charge in [-0.25, -0.2) is 0 Å². The summed E-state index contributed by atoms with van der Waals surface area (Å²) in [4.78, 5) is 11.8. The van der Waals surface area contributed by atoms with Gasteiger partial charge >= 0.3 is 0 Å². The fraction of sp³-hybridized carbons (Fsp3) is 0.929. The van der Waals surface area contributed by atoms with Crippen LogP contribution in [0.15, 0.2) is 0 Å². The van der Waals surface area contributed by atoms with Crippen molar-refractivity contribution in [1.29, 1.82) is 0 Å². The lowest BCUT2D eigenvalue weighted by molar-refractivity contribution is -0.129. The zero-order chi connectivity index (χ0) is 12.3. The van der Waals surface area contributed by atoms with Crippen LogP contribution in [0.3, 0.4) is 0 Å². The third kappa shape index (κ3) is 3.21. The molecule has 0 aromatic rings. The summed E-state index contributed by atoms with van der Waals surface area (Å²) in [6.07, 6.45) is 9.38.